The van der Waals surface area contributed by atoms with E-state index >= 15 is 0 Å². The van der Waals surface area contributed by atoms with Gasteiger partial charge < -0.3 is 15.8 Å². The van der Waals surface area contributed by atoms with Crippen LogP contribution in [0.1, 0.15) is 26.2 Å². The number of methoxy groups -OCH3 is 1. The minimum Gasteiger partial charge on any atom is -0.385 e. The van der Waals surface area contributed by atoms with Gasteiger partial charge >= 0.3 is 0 Å². The Kier molecular flexibility index (Phi) is 4.70. The second kappa shape index (κ2) is 5.58. The van der Waals surface area contributed by atoms with Crippen LogP contribution in [-0.4, -0.2) is 32.3 Å². The molecule has 0 heterocycles. The summed E-state index contributed by atoms with van der Waals surface area (Å²) in [4.78, 5) is 0. The van der Waals surface area contributed by atoms with Crippen molar-refractivity contribution in [1.82, 2.24) is 5.32 Å². The van der Waals surface area contributed by atoms with Crippen LogP contribution in [0.3, 0.4) is 0 Å². The van der Waals surface area contributed by atoms with E-state index in [0.29, 0.717) is 6.04 Å². The molecule has 1 fully saturated rings. The van der Waals surface area contributed by atoms with Crippen molar-refractivity contribution in [2.24, 2.45) is 11.7 Å². The molecule has 0 saturated heterocycles. The van der Waals surface area contributed by atoms with E-state index in [1.165, 1.54) is 6.42 Å². The standard InChI is InChI=1S/C10H22N2O/c1-8-6-10(8)12-7-9(11)4-3-5-13-2/h8-10,12H,3-7,11H2,1-2H3. The van der Waals surface area contributed by atoms with E-state index in [9.17, 15) is 0 Å². The summed E-state index contributed by atoms with van der Waals surface area (Å²) < 4.78 is 4.97. The summed E-state index contributed by atoms with van der Waals surface area (Å²) >= 11 is 0. The van der Waals surface area contributed by atoms with Crippen LogP contribution in [0.15, 0.2) is 0 Å². The second-order valence-corrected chi connectivity index (χ2v) is 4.12. The van der Waals surface area contributed by atoms with E-state index in [1.54, 1.807) is 7.11 Å². The third-order valence-electron chi connectivity index (χ3n) is 2.68. The van der Waals surface area contributed by atoms with Gasteiger partial charge in [-0.25, -0.2) is 0 Å². The first-order valence-corrected chi connectivity index (χ1v) is 5.22. The van der Waals surface area contributed by atoms with Gasteiger partial charge in [0.25, 0.3) is 0 Å². The van der Waals surface area contributed by atoms with Gasteiger partial charge in [-0.3, -0.25) is 0 Å². The summed E-state index contributed by atoms with van der Waals surface area (Å²) in [6.45, 7) is 4.06. The lowest BCUT2D eigenvalue weighted by molar-refractivity contribution is 0.190. The Morgan fingerprint density at radius 2 is 2.31 bits per heavy atom. The predicted molar refractivity (Wildman–Crippen MR) is 54.7 cm³/mol. The largest absolute Gasteiger partial charge is 0.385 e. The highest BCUT2D eigenvalue weighted by molar-refractivity contribution is 4.90. The number of hydrogen-bond donors (Lipinski definition) is 2. The van der Waals surface area contributed by atoms with E-state index in [4.69, 9.17) is 10.5 Å². The average Bonchev–Trinajstić information content (AvgIpc) is 2.79. The van der Waals surface area contributed by atoms with Crippen LogP contribution in [-0.2, 0) is 4.74 Å². The molecule has 1 aliphatic rings. The van der Waals surface area contributed by atoms with Crippen LogP contribution in [0.2, 0.25) is 0 Å². The Morgan fingerprint density at radius 1 is 1.62 bits per heavy atom. The molecule has 3 unspecified atom stereocenters. The third kappa shape index (κ3) is 4.60. The minimum atomic E-state index is 0.294. The molecule has 0 aromatic heterocycles. The number of nitrogens with one attached hydrogen (secondary N) is 1. The molecular weight excluding hydrogens is 164 g/mol. The second-order valence-electron chi connectivity index (χ2n) is 4.12. The molecule has 1 rings (SSSR count). The molecule has 3 nitrogen and oxygen atoms in total. The van der Waals surface area contributed by atoms with Crippen molar-refractivity contribution in [1.29, 1.82) is 0 Å². The number of ether oxygens (including phenoxy) is 1. The summed E-state index contributed by atoms with van der Waals surface area (Å²) in [5.74, 6) is 0.867. The van der Waals surface area contributed by atoms with Crippen LogP contribution in [0.25, 0.3) is 0 Å². The van der Waals surface area contributed by atoms with Gasteiger partial charge in [-0.1, -0.05) is 6.92 Å². The Morgan fingerprint density at radius 3 is 2.85 bits per heavy atom. The van der Waals surface area contributed by atoms with E-state index in [-0.39, 0.29) is 0 Å². The molecule has 3 N–H and O–H groups in total. The third-order valence-corrected chi connectivity index (χ3v) is 2.68. The van der Waals surface area contributed by atoms with Crippen LogP contribution < -0.4 is 11.1 Å². The lowest BCUT2D eigenvalue weighted by atomic mass is 10.2. The highest BCUT2D eigenvalue weighted by atomic mass is 16.5. The van der Waals surface area contributed by atoms with E-state index in [2.05, 4.69) is 12.2 Å². The fourth-order valence-electron chi connectivity index (χ4n) is 1.50. The van der Waals surface area contributed by atoms with Gasteiger partial charge in [0.1, 0.15) is 0 Å². The first kappa shape index (κ1) is 11.0. The quantitative estimate of drug-likeness (QED) is 0.576. The van der Waals surface area contributed by atoms with Crippen molar-refractivity contribution in [3.05, 3.63) is 0 Å². The predicted octanol–water partition coefficient (Wildman–Crippen LogP) is 0.738. The summed E-state index contributed by atoms with van der Waals surface area (Å²) in [5, 5.41) is 3.47. The minimum absolute atomic E-state index is 0.294. The first-order chi connectivity index (χ1) is 6.24. The Bertz CT molecular complexity index is 141. The summed E-state index contributed by atoms with van der Waals surface area (Å²) in [6, 6.07) is 1.04. The Balaban J connectivity index is 1.88. The van der Waals surface area contributed by atoms with Crippen molar-refractivity contribution >= 4 is 0 Å². The number of rotatable bonds is 7. The van der Waals surface area contributed by atoms with Crippen LogP contribution >= 0.6 is 0 Å². The molecule has 0 spiro atoms. The fraction of sp³-hybridized carbons (Fsp3) is 1.00. The van der Waals surface area contributed by atoms with E-state index in [1.807, 2.05) is 0 Å². The van der Waals surface area contributed by atoms with Gasteiger partial charge in [0, 0.05) is 32.3 Å². The Hall–Kier alpha value is -0.120. The first-order valence-electron chi connectivity index (χ1n) is 5.22. The molecule has 0 aliphatic heterocycles. The molecule has 0 amide bonds. The molecule has 0 bridgehead atoms. The molecule has 3 atom stereocenters. The summed E-state index contributed by atoms with van der Waals surface area (Å²) in [5.41, 5.74) is 5.92. The monoisotopic (exact) mass is 186 g/mol. The smallest absolute Gasteiger partial charge is 0.0462 e. The summed E-state index contributed by atoms with van der Waals surface area (Å²) in [7, 11) is 1.73. The van der Waals surface area contributed by atoms with Crippen molar-refractivity contribution in [3.63, 3.8) is 0 Å². The van der Waals surface area contributed by atoms with E-state index < -0.39 is 0 Å². The Labute approximate surface area is 81.0 Å². The van der Waals surface area contributed by atoms with Gasteiger partial charge in [-0.15, -0.1) is 0 Å². The van der Waals surface area contributed by atoms with Gasteiger partial charge in [-0.05, 0) is 25.2 Å². The molecule has 0 aromatic rings. The molecule has 13 heavy (non-hydrogen) atoms. The van der Waals surface area contributed by atoms with E-state index in [0.717, 1.165) is 38.0 Å². The normalized spacial score (nSPS) is 28.8. The lowest BCUT2D eigenvalue weighted by Crippen LogP contribution is -2.35. The van der Waals surface area contributed by atoms with Crippen molar-refractivity contribution in [3.8, 4) is 0 Å². The fourth-order valence-corrected chi connectivity index (χ4v) is 1.50. The summed E-state index contributed by atoms with van der Waals surface area (Å²) in [6.07, 6.45) is 3.45. The van der Waals surface area contributed by atoms with Crippen molar-refractivity contribution in [2.75, 3.05) is 20.3 Å². The van der Waals surface area contributed by atoms with Crippen molar-refractivity contribution < 1.29 is 4.74 Å². The molecule has 3 heteroatoms. The van der Waals surface area contributed by atoms with Gasteiger partial charge in [0.15, 0.2) is 0 Å². The van der Waals surface area contributed by atoms with Gasteiger partial charge in [-0.2, -0.15) is 0 Å². The molecule has 78 valence electrons. The molecule has 1 saturated carbocycles. The lowest BCUT2D eigenvalue weighted by Gasteiger charge is -2.11. The van der Waals surface area contributed by atoms with Crippen LogP contribution in [0.5, 0.6) is 0 Å². The van der Waals surface area contributed by atoms with Crippen LogP contribution in [0.4, 0.5) is 0 Å². The number of nitrogens with two attached hydrogens (primary N) is 1. The SMILES string of the molecule is COCCCC(N)CNC1CC1C. The zero-order valence-electron chi connectivity index (χ0n) is 8.75. The molecular formula is C10H22N2O. The maximum atomic E-state index is 5.92. The molecule has 0 aromatic carbocycles. The maximum absolute atomic E-state index is 5.92. The van der Waals surface area contributed by atoms with Gasteiger partial charge in [0.05, 0.1) is 0 Å². The zero-order chi connectivity index (χ0) is 9.68. The van der Waals surface area contributed by atoms with Gasteiger partial charge in [0.2, 0.25) is 0 Å². The average molecular weight is 186 g/mol. The highest BCUT2D eigenvalue weighted by Crippen LogP contribution is 2.28. The molecule has 0 radical (unpaired) electrons. The van der Waals surface area contributed by atoms with Crippen molar-refractivity contribution in [2.45, 2.75) is 38.3 Å². The maximum Gasteiger partial charge on any atom is 0.0462 e. The zero-order valence-corrected chi connectivity index (χ0v) is 8.75. The van der Waals surface area contributed by atoms with Crippen LogP contribution in [0, 0.1) is 5.92 Å². The number of hydrogen-bond acceptors (Lipinski definition) is 3. The highest BCUT2D eigenvalue weighted by Gasteiger charge is 2.31. The topological polar surface area (TPSA) is 47.3 Å². The molecule has 1 aliphatic carbocycles.